The minimum absolute atomic E-state index is 0.196. The summed E-state index contributed by atoms with van der Waals surface area (Å²) in [7, 11) is 0. The third-order valence-corrected chi connectivity index (χ3v) is 7.80. The lowest BCUT2D eigenvalue weighted by Crippen LogP contribution is -2.24. The van der Waals surface area contributed by atoms with Gasteiger partial charge < -0.3 is 10.6 Å². The van der Waals surface area contributed by atoms with Crippen LogP contribution in [0.4, 0.5) is 5.69 Å². The van der Waals surface area contributed by atoms with Crippen molar-refractivity contribution in [1.82, 2.24) is 10.3 Å². The average molecular weight is 578 g/mol. The number of halogens is 6. The lowest BCUT2D eigenvalue weighted by Gasteiger charge is -2.10. The summed E-state index contributed by atoms with van der Waals surface area (Å²) >= 11 is 37.3. The first-order chi connectivity index (χ1) is 16.1. The predicted octanol–water partition coefficient (Wildman–Crippen LogP) is 7.15. The largest absolute Gasteiger partial charge is 0.346 e. The minimum Gasteiger partial charge on any atom is -0.346 e. The molecule has 1 aliphatic rings. The monoisotopic (exact) mass is 575 g/mol. The van der Waals surface area contributed by atoms with Crippen molar-refractivity contribution in [3.63, 3.8) is 0 Å². The number of benzene rings is 2. The molecule has 0 bridgehead atoms. The molecule has 0 radical (unpaired) electrons. The van der Waals surface area contributed by atoms with Gasteiger partial charge in [-0.25, -0.2) is 0 Å². The van der Waals surface area contributed by atoms with Gasteiger partial charge in [-0.1, -0.05) is 52.5 Å². The second kappa shape index (κ2) is 10.1. The Morgan fingerprint density at radius 3 is 2.29 bits per heavy atom. The van der Waals surface area contributed by atoms with E-state index < -0.39 is 28.0 Å². The number of nitrogens with zero attached hydrogens (tertiary/aromatic N) is 1. The fourth-order valence-electron chi connectivity index (χ4n) is 3.59. The maximum Gasteiger partial charge on any atom is 0.253 e. The lowest BCUT2D eigenvalue weighted by atomic mass is 10.1. The number of carbonyl (C=O) groups is 2. The van der Waals surface area contributed by atoms with Crippen LogP contribution in [0.1, 0.15) is 27.5 Å². The number of aromatic nitrogens is 1. The topological polar surface area (TPSA) is 71.1 Å². The number of nitrogens with one attached hydrogen (secondary N) is 2. The van der Waals surface area contributed by atoms with Crippen LogP contribution < -0.4 is 10.6 Å². The van der Waals surface area contributed by atoms with E-state index in [-0.39, 0.29) is 32.2 Å². The molecule has 34 heavy (non-hydrogen) atoms. The molecule has 5 nitrogen and oxygen atoms in total. The van der Waals surface area contributed by atoms with Crippen LogP contribution >= 0.6 is 69.6 Å². The number of hydrogen-bond acceptors (Lipinski definition) is 3. The molecule has 1 fully saturated rings. The van der Waals surface area contributed by atoms with Gasteiger partial charge in [-0.2, -0.15) is 0 Å². The molecule has 11 heteroatoms. The van der Waals surface area contributed by atoms with E-state index in [0.717, 1.165) is 0 Å². The highest BCUT2D eigenvalue weighted by atomic mass is 35.5. The van der Waals surface area contributed by atoms with Crippen LogP contribution in [0.15, 0.2) is 54.7 Å². The second-order valence-corrected chi connectivity index (χ2v) is 10.7. The van der Waals surface area contributed by atoms with Gasteiger partial charge in [-0.3, -0.25) is 14.6 Å². The minimum atomic E-state index is -1.36. The molecule has 0 spiro atoms. The number of amides is 2. The van der Waals surface area contributed by atoms with Crippen molar-refractivity contribution in [3.05, 3.63) is 91.6 Å². The third-order valence-electron chi connectivity index (χ3n) is 5.34. The number of pyridine rings is 1. The molecule has 1 heterocycles. The van der Waals surface area contributed by atoms with Crippen molar-refractivity contribution < 1.29 is 9.59 Å². The van der Waals surface area contributed by atoms with Crippen LogP contribution in [-0.4, -0.2) is 21.1 Å². The summed E-state index contributed by atoms with van der Waals surface area (Å²) in [6, 6.07) is 13.1. The van der Waals surface area contributed by atoms with Gasteiger partial charge in [0.1, 0.15) is 4.33 Å². The Bertz CT molecular complexity index is 1250. The molecule has 1 aliphatic carbocycles. The predicted molar refractivity (Wildman–Crippen MR) is 138 cm³/mol. The molecule has 4 rings (SSSR count). The summed E-state index contributed by atoms with van der Waals surface area (Å²) in [6.45, 7) is 0.226. The van der Waals surface area contributed by atoms with Crippen LogP contribution in [0.2, 0.25) is 20.1 Å². The maximum atomic E-state index is 13.0. The molecule has 2 N–H and O–H groups in total. The van der Waals surface area contributed by atoms with E-state index in [4.69, 9.17) is 69.6 Å². The Labute approximate surface area is 225 Å². The van der Waals surface area contributed by atoms with Gasteiger partial charge in [0.2, 0.25) is 5.91 Å². The van der Waals surface area contributed by atoms with E-state index in [2.05, 4.69) is 15.6 Å². The maximum absolute atomic E-state index is 13.0. The van der Waals surface area contributed by atoms with Crippen molar-refractivity contribution in [2.24, 2.45) is 5.92 Å². The molecule has 0 saturated heterocycles. The third kappa shape index (κ3) is 5.25. The summed E-state index contributed by atoms with van der Waals surface area (Å²) in [5.41, 5.74) is 1.84. The molecule has 2 atom stereocenters. The average Bonchev–Trinajstić information content (AvgIpc) is 3.39. The lowest BCUT2D eigenvalue weighted by molar-refractivity contribution is -0.117. The molecule has 1 saturated carbocycles. The van der Waals surface area contributed by atoms with Crippen molar-refractivity contribution in [1.29, 1.82) is 0 Å². The normalized spacial score (nSPS) is 18.3. The summed E-state index contributed by atoms with van der Waals surface area (Å²) in [5.74, 6) is -2.16. The summed E-state index contributed by atoms with van der Waals surface area (Å²) in [4.78, 5) is 29.8. The molecule has 1 aromatic heterocycles. The Balaban J connectivity index is 1.47. The van der Waals surface area contributed by atoms with Crippen LogP contribution in [0.5, 0.6) is 0 Å². The van der Waals surface area contributed by atoms with Crippen LogP contribution in [0, 0.1) is 5.92 Å². The summed E-state index contributed by atoms with van der Waals surface area (Å²) < 4.78 is -1.36. The summed E-state index contributed by atoms with van der Waals surface area (Å²) in [6.07, 6.45) is 1.63. The van der Waals surface area contributed by atoms with Gasteiger partial charge in [-0.05, 0) is 48.0 Å². The van der Waals surface area contributed by atoms with E-state index in [9.17, 15) is 9.59 Å². The Morgan fingerprint density at radius 2 is 1.65 bits per heavy atom. The van der Waals surface area contributed by atoms with Crippen LogP contribution in [-0.2, 0) is 11.3 Å². The van der Waals surface area contributed by atoms with Crippen molar-refractivity contribution in [2.75, 3.05) is 5.32 Å². The molecule has 176 valence electrons. The number of anilines is 1. The highest BCUT2D eigenvalue weighted by Gasteiger charge is 2.67. The van der Waals surface area contributed by atoms with Crippen LogP contribution in [0.25, 0.3) is 0 Å². The smallest absolute Gasteiger partial charge is 0.253 e. The van der Waals surface area contributed by atoms with Gasteiger partial charge in [0.05, 0.1) is 43.8 Å². The molecular weight excluding hydrogens is 563 g/mol. The first-order valence-corrected chi connectivity index (χ1v) is 12.2. The number of hydrogen-bond donors (Lipinski definition) is 2. The number of rotatable bonds is 6. The Hall–Kier alpha value is -1.73. The van der Waals surface area contributed by atoms with Gasteiger partial charge in [0.25, 0.3) is 5.91 Å². The van der Waals surface area contributed by atoms with Crippen molar-refractivity contribution >= 4 is 87.1 Å². The van der Waals surface area contributed by atoms with Crippen LogP contribution in [0.3, 0.4) is 0 Å². The van der Waals surface area contributed by atoms with E-state index in [0.29, 0.717) is 16.9 Å². The zero-order valence-corrected chi connectivity index (χ0v) is 21.6. The second-order valence-electron chi connectivity index (χ2n) is 7.62. The Kier molecular flexibility index (Phi) is 7.53. The molecule has 2 aromatic carbocycles. The van der Waals surface area contributed by atoms with E-state index in [1.165, 1.54) is 12.1 Å². The number of alkyl halides is 2. The molecule has 0 aliphatic heterocycles. The number of carbonyl (C=O) groups excluding carboxylic acids is 2. The molecule has 3 aromatic rings. The molecular formula is C23H15Cl6N3O2. The zero-order valence-electron chi connectivity index (χ0n) is 17.1. The quantitative estimate of drug-likeness (QED) is 0.241. The molecule has 2 unspecified atom stereocenters. The highest BCUT2D eigenvalue weighted by molar-refractivity contribution is 6.54. The van der Waals surface area contributed by atoms with Crippen molar-refractivity contribution in [2.45, 2.75) is 16.8 Å². The first kappa shape index (κ1) is 25.4. The fourth-order valence-corrected chi connectivity index (χ4v) is 5.23. The van der Waals surface area contributed by atoms with Gasteiger partial charge in [0.15, 0.2) is 0 Å². The van der Waals surface area contributed by atoms with E-state index in [1.54, 1.807) is 36.5 Å². The molecule has 2 amide bonds. The van der Waals surface area contributed by atoms with Gasteiger partial charge in [0, 0.05) is 17.8 Å². The van der Waals surface area contributed by atoms with E-state index >= 15 is 0 Å². The fraction of sp³-hybridized carbons (Fsp3) is 0.174. The first-order valence-electron chi connectivity index (χ1n) is 9.90. The highest BCUT2D eigenvalue weighted by Crippen LogP contribution is 2.65. The van der Waals surface area contributed by atoms with E-state index in [1.807, 2.05) is 6.07 Å². The zero-order chi connectivity index (χ0) is 24.6. The van der Waals surface area contributed by atoms with Gasteiger partial charge >= 0.3 is 0 Å². The standard InChI is InChI=1S/C23H15Cl6N3O2/c24-15-5-4-12(9-14(15)21(33)31-10-13-3-1-2-6-30-13)32-22(34)19-18(23(19,28)29)11-7-16(25)20(27)17(26)8-11/h1-9,18-19H,10H2,(H,31,33)(H,32,34). The Morgan fingerprint density at radius 1 is 0.941 bits per heavy atom. The van der Waals surface area contributed by atoms with Gasteiger partial charge in [-0.15, -0.1) is 23.2 Å². The summed E-state index contributed by atoms with van der Waals surface area (Å²) in [5, 5.41) is 6.41. The SMILES string of the molecule is O=C(NCc1ccccn1)c1cc(NC(=O)C2C(c3cc(Cl)c(Cl)c(Cl)c3)C2(Cl)Cl)ccc1Cl. The van der Waals surface area contributed by atoms with Crippen molar-refractivity contribution in [3.8, 4) is 0 Å².